The highest BCUT2D eigenvalue weighted by Crippen LogP contribution is 2.28. The highest BCUT2D eigenvalue weighted by Gasteiger charge is 2.23. The molecule has 1 unspecified atom stereocenters. The summed E-state index contributed by atoms with van der Waals surface area (Å²) in [5.74, 6) is 1.16. The molecule has 0 saturated heterocycles. The fourth-order valence-corrected chi connectivity index (χ4v) is 1.92. The van der Waals surface area contributed by atoms with Crippen molar-refractivity contribution in [2.24, 2.45) is 5.84 Å². The van der Waals surface area contributed by atoms with Crippen molar-refractivity contribution in [1.82, 2.24) is 10.4 Å². The molecule has 1 heterocycles. The average Bonchev–Trinajstić information content (AvgIpc) is 2.41. The van der Waals surface area contributed by atoms with E-state index in [1.54, 1.807) is 6.07 Å². The second-order valence-electron chi connectivity index (χ2n) is 3.73. The molecule has 2 rings (SSSR count). The zero-order chi connectivity index (χ0) is 14.0. The molecule has 0 amide bonds. The van der Waals surface area contributed by atoms with Gasteiger partial charge < -0.3 is 0 Å². The van der Waals surface area contributed by atoms with Crippen LogP contribution >= 0.6 is 11.6 Å². The predicted molar refractivity (Wildman–Crippen MR) is 64.7 cm³/mol. The Morgan fingerprint density at radius 3 is 2.53 bits per heavy atom. The van der Waals surface area contributed by atoms with Gasteiger partial charge in [0.1, 0.15) is 0 Å². The van der Waals surface area contributed by atoms with E-state index in [-0.39, 0.29) is 16.3 Å². The number of halogens is 4. The van der Waals surface area contributed by atoms with Crippen LogP contribution in [0.3, 0.4) is 0 Å². The number of rotatable bonds is 3. The number of benzene rings is 1. The Morgan fingerprint density at radius 2 is 1.89 bits per heavy atom. The van der Waals surface area contributed by atoms with Gasteiger partial charge >= 0.3 is 0 Å². The van der Waals surface area contributed by atoms with Crippen molar-refractivity contribution >= 4 is 11.6 Å². The smallest absolute Gasteiger partial charge is 0.194 e. The standard InChI is InChI=1S/C12H9ClF3N3/c13-7-2-1-5-18-12(7)11(19-17)6-3-4-8(14)10(16)9(6)15/h1-5,11,19H,17H2. The minimum atomic E-state index is -1.56. The topological polar surface area (TPSA) is 50.9 Å². The molecule has 0 spiro atoms. The Kier molecular flexibility index (Phi) is 4.04. The number of pyridine rings is 1. The Labute approximate surface area is 112 Å². The first-order valence-electron chi connectivity index (χ1n) is 5.26. The number of nitrogens with zero attached hydrogens (tertiary/aromatic N) is 1. The largest absolute Gasteiger partial charge is 0.271 e. The molecule has 0 bridgehead atoms. The molecule has 7 heteroatoms. The summed E-state index contributed by atoms with van der Waals surface area (Å²) in [6, 6.07) is 4.04. The lowest BCUT2D eigenvalue weighted by atomic mass is 10.0. The van der Waals surface area contributed by atoms with Crippen molar-refractivity contribution in [2.75, 3.05) is 0 Å². The summed E-state index contributed by atoms with van der Waals surface area (Å²) >= 11 is 5.92. The SMILES string of the molecule is NNC(c1ccc(F)c(F)c1F)c1ncccc1Cl. The van der Waals surface area contributed by atoms with Crippen molar-refractivity contribution in [1.29, 1.82) is 0 Å². The maximum Gasteiger partial charge on any atom is 0.194 e. The van der Waals surface area contributed by atoms with Crippen LogP contribution in [0.25, 0.3) is 0 Å². The first kappa shape index (κ1) is 13.8. The van der Waals surface area contributed by atoms with Gasteiger partial charge in [-0.15, -0.1) is 0 Å². The van der Waals surface area contributed by atoms with Gasteiger partial charge in [-0.25, -0.2) is 18.6 Å². The molecule has 0 aliphatic rings. The van der Waals surface area contributed by atoms with Crippen LogP contribution in [-0.4, -0.2) is 4.98 Å². The highest BCUT2D eigenvalue weighted by molar-refractivity contribution is 6.31. The number of nitrogens with one attached hydrogen (secondary N) is 1. The van der Waals surface area contributed by atoms with E-state index < -0.39 is 23.5 Å². The second kappa shape index (κ2) is 5.56. The minimum absolute atomic E-state index is 0.179. The van der Waals surface area contributed by atoms with E-state index in [4.69, 9.17) is 17.4 Å². The Hall–Kier alpha value is -1.63. The molecule has 0 aliphatic carbocycles. The first-order chi connectivity index (χ1) is 9.06. The molecule has 1 aromatic heterocycles. The van der Waals surface area contributed by atoms with Gasteiger partial charge in [-0.3, -0.25) is 10.8 Å². The summed E-state index contributed by atoms with van der Waals surface area (Å²) in [5.41, 5.74) is 2.33. The van der Waals surface area contributed by atoms with E-state index in [0.29, 0.717) is 0 Å². The molecule has 0 radical (unpaired) electrons. The molecule has 1 atom stereocenters. The summed E-state index contributed by atoms with van der Waals surface area (Å²) in [7, 11) is 0. The lowest BCUT2D eigenvalue weighted by molar-refractivity contribution is 0.432. The first-order valence-corrected chi connectivity index (χ1v) is 5.64. The lowest BCUT2D eigenvalue weighted by Crippen LogP contribution is -2.30. The van der Waals surface area contributed by atoms with Gasteiger partial charge in [0.25, 0.3) is 0 Å². The van der Waals surface area contributed by atoms with E-state index >= 15 is 0 Å². The number of nitrogens with two attached hydrogens (primary N) is 1. The van der Waals surface area contributed by atoms with Crippen molar-refractivity contribution in [3.63, 3.8) is 0 Å². The zero-order valence-corrected chi connectivity index (χ0v) is 10.3. The van der Waals surface area contributed by atoms with Gasteiger partial charge in [-0.2, -0.15) is 0 Å². The Balaban J connectivity index is 2.55. The fraction of sp³-hybridized carbons (Fsp3) is 0.0833. The summed E-state index contributed by atoms with van der Waals surface area (Å²) in [4.78, 5) is 3.96. The predicted octanol–water partition coefficient (Wildman–Crippen LogP) is 2.71. The third-order valence-corrected chi connectivity index (χ3v) is 2.92. The molecule has 0 aliphatic heterocycles. The molecule has 19 heavy (non-hydrogen) atoms. The van der Waals surface area contributed by atoms with Gasteiger partial charge in [0.15, 0.2) is 17.5 Å². The van der Waals surface area contributed by atoms with Gasteiger partial charge in [0, 0.05) is 11.8 Å². The Morgan fingerprint density at radius 1 is 1.16 bits per heavy atom. The van der Waals surface area contributed by atoms with Crippen molar-refractivity contribution in [3.05, 3.63) is 64.2 Å². The molecular weight excluding hydrogens is 279 g/mol. The van der Waals surface area contributed by atoms with Crippen LogP contribution in [0.5, 0.6) is 0 Å². The fourth-order valence-electron chi connectivity index (χ4n) is 1.69. The van der Waals surface area contributed by atoms with Crippen molar-refractivity contribution in [2.45, 2.75) is 6.04 Å². The Bertz CT molecular complexity index is 607. The zero-order valence-electron chi connectivity index (χ0n) is 9.50. The molecule has 100 valence electrons. The second-order valence-corrected chi connectivity index (χ2v) is 4.14. The quantitative estimate of drug-likeness (QED) is 0.518. The minimum Gasteiger partial charge on any atom is -0.271 e. The van der Waals surface area contributed by atoms with E-state index in [2.05, 4.69) is 10.4 Å². The summed E-state index contributed by atoms with van der Waals surface area (Å²) in [6.07, 6.45) is 1.43. The molecule has 1 aromatic carbocycles. The summed E-state index contributed by atoms with van der Waals surface area (Å²) in [6.45, 7) is 0. The average molecular weight is 288 g/mol. The van der Waals surface area contributed by atoms with Crippen LogP contribution in [0, 0.1) is 17.5 Å². The molecular formula is C12H9ClF3N3. The lowest BCUT2D eigenvalue weighted by Gasteiger charge is -2.17. The van der Waals surface area contributed by atoms with Gasteiger partial charge in [0.2, 0.25) is 0 Å². The molecule has 2 aromatic rings. The monoisotopic (exact) mass is 287 g/mol. The number of hydrogen-bond acceptors (Lipinski definition) is 3. The molecule has 0 fully saturated rings. The van der Waals surface area contributed by atoms with E-state index in [0.717, 1.165) is 12.1 Å². The number of aromatic nitrogens is 1. The highest BCUT2D eigenvalue weighted by atomic mass is 35.5. The van der Waals surface area contributed by atoms with Gasteiger partial charge in [-0.05, 0) is 18.2 Å². The van der Waals surface area contributed by atoms with Crippen LogP contribution in [0.4, 0.5) is 13.2 Å². The van der Waals surface area contributed by atoms with Crippen molar-refractivity contribution < 1.29 is 13.2 Å². The van der Waals surface area contributed by atoms with Gasteiger partial charge in [-0.1, -0.05) is 17.7 Å². The van der Waals surface area contributed by atoms with E-state index in [1.165, 1.54) is 12.3 Å². The number of hydrazine groups is 1. The van der Waals surface area contributed by atoms with Crippen LogP contribution < -0.4 is 11.3 Å². The summed E-state index contributed by atoms with van der Waals surface area (Å²) in [5, 5.41) is 0.231. The molecule has 3 nitrogen and oxygen atoms in total. The summed E-state index contributed by atoms with van der Waals surface area (Å²) < 4.78 is 39.9. The third-order valence-electron chi connectivity index (χ3n) is 2.60. The van der Waals surface area contributed by atoms with Crippen LogP contribution in [0.2, 0.25) is 5.02 Å². The van der Waals surface area contributed by atoms with E-state index in [9.17, 15) is 13.2 Å². The van der Waals surface area contributed by atoms with Crippen LogP contribution in [0.15, 0.2) is 30.5 Å². The third kappa shape index (κ3) is 2.56. The molecule has 3 N–H and O–H groups in total. The maximum atomic E-state index is 13.7. The van der Waals surface area contributed by atoms with Gasteiger partial charge in [0.05, 0.1) is 16.8 Å². The van der Waals surface area contributed by atoms with Crippen LogP contribution in [0.1, 0.15) is 17.3 Å². The normalized spacial score (nSPS) is 12.5. The van der Waals surface area contributed by atoms with Crippen LogP contribution in [-0.2, 0) is 0 Å². The molecule has 0 saturated carbocycles. The van der Waals surface area contributed by atoms with Crippen molar-refractivity contribution in [3.8, 4) is 0 Å². The number of hydrogen-bond donors (Lipinski definition) is 2. The van der Waals surface area contributed by atoms with E-state index in [1.807, 2.05) is 0 Å². The maximum absolute atomic E-state index is 13.7.